The predicted molar refractivity (Wildman–Crippen MR) is 63.7 cm³/mol. The molecule has 0 heterocycles. The van der Waals surface area contributed by atoms with Gasteiger partial charge in [-0.3, -0.25) is 8.98 Å². The van der Waals surface area contributed by atoms with Gasteiger partial charge >= 0.3 is 0 Å². The summed E-state index contributed by atoms with van der Waals surface area (Å²) in [5.74, 6) is -0.143. The summed E-state index contributed by atoms with van der Waals surface area (Å²) in [5, 5.41) is 0. The molecule has 4 nitrogen and oxygen atoms in total. The van der Waals surface area contributed by atoms with Gasteiger partial charge in [-0.2, -0.15) is 8.42 Å². The normalized spacial score (nSPS) is 15.8. The van der Waals surface area contributed by atoms with Crippen LogP contribution in [0.5, 0.6) is 0 Å². The van der Waals surface area contributed by atoms with E-state index in [1.807, 2.05) is 13.8 Å². The van der Waals surface area contributed by atoms with Crippen LogP contribution in [0, 0.1) is 5.92 Å². The highest BCUT2D eigenvalue weighted by Gasteiger charge is 2.22. The van der Waals surface area contributed by atoms with Gasteiger partial charge in [-0.05, 0) is 26.2 Å². The van der Waals surface area contributed by atoms with E-state index < -0.39 is 16.2 Å². The standard InChI is InChI=1S/C11H22O4S/c1-5-7-11(6-2)8-16(13,14)15-10(4)9(3)12/h10-11H,5-8H2,1-4H3. The van der Waals surface area contributed by atoms with E-state index in [1.165, 1.54) is 13.8 Å². The van der Waals surface area contributed by atoms with Crippen LogP contribution in [0.25, 0.3) is 0 Å². The van der Waals surface area contributed by atoms with Crippen LogP contribution in [-0.4, -0.2) is 26.1 Å². The number of hydrogen-bond donors (Lipinski definition) is 0. The second-order valence-electron chi connectivity index (χ2n) is 4.14. The maximum atomic E-state index is 11.6. The van der Waals surface area contributed by atoms with Crippen LogP contribution in [0.2, 0.25) is 0 Å². The van der Waals surface area contributed by atoms with Gasteiger partial charge in [0.2, 0.25) is 0 Å². The lowest BCUT2D eigenvalue weighted by Gasteiger charge is -2.15. The van der Waals surface area contributed by atoms with Gasteiger partial charge in [-0.1, -0.05) is 26.7 Å². The van der Waals surface area contributed by atoms with E-state index in [-0.39, 0.29) is 17.5 Å². The second kappa shape index (κ2) is 7.01. The van der Waals surface area contributed by atoms with Crippen molar-refractivity contribution in [2.75, 3.05) is 5.75 Å². The largest absolute Gasteiger partial charge is 0.297 e. The van der Waals surface area contributed by atoms with Gasteiger partial charge in [-0.25, -0.2) is 0 Å². The van der Waals surface area contributed by atoms with Crippen molar-refractivity contribution in [2.24, 2.45) is 5.92 Å². The van der Waals surface area contributed by atoms with E-state index in [0.29, 0.717) is 0 Å². The molecule has 2 unspecified atom stereocenters. The average Bonchev–Trinajstić information content (AvgIpc) is 2.15. The molecule has 2 atom stereocenters. The monoisotopic (exact) mass is 250 g/mol. The fourth-order valence-electron chi connectivity index (χ4n) is 1.43. The second-order valence-corrected chi connectivity index (χ2v) is 5.78. The van der Waals surface area contributed by atoms with Crippen molar-refractivity contribution in [3.8, 4) is 0 Å². The Kier molecular flexibility index (Phi) is 6.83. The average molecular weight is 250 g/mol. The molecule has 0 spiro atoms. The Hall–Kier alpha value is -0.420. The summed E-state index contributed by atoms with van der Waals surface area (Å²) < 4.78 is 28.0. The van der Waals surface area contributed by atoms with E-state index in [2.05, 4.69) is 0 Å². The first-order valence-corrected chi connectivity index (χ1v) is 7.31. The van der Waals surface area contributed by atoms with Crippen molar-refractivity contribution in [1.29, 1.82) is 0 Å². The molecule has 0 saturated carbocycles. The molecule has 0 fully saturated rings. The highest BCUT2D eigenvalue weighted by atomic mass is 32.2. The first-order chi connectivity index (χ1) is 7.32. The highest BCUT2D eigenvalue weighted by molar-refractivity contribution is 7.86. The molecule has 0 amide bonds. The van der Waals surface area contributed by atoms with Gasteiger partial charge < -0.3 is 0 Å². The van der Waals surface area contributed by atoms with Gasteiger partial charge in [0.05, 0.1) is 5.75 Å². The van der Waals surface area contributed by atoms with Crippen LogP contribution in [0.3, 0.4) is 0 Å². The molecule has 0 aliphatic carbocycles. The van der Waals surface area contributed by atoms with Crippen LogP contribution in [0.1, 0.15) is 47.0 Å². The van der Waals surface area contributed by atoms with E-state index in [0.717, 1.165) is 19.3 Å². The van der Waals surface area contributed by atoms with E-state index in [9.17, 15) is 13.2 Å². The van der Waals surface area contributed by atoms with Crippen molar-refractivity contribution in [2.45, 2.75) is 53.1 Å². The van der Waals surface area contributed by atoms with Crippen molar-refractivity contribution in [3.05, 3.63) is 0 Å². The first kappa shape index (κ1) is 15.6. The SMILES string of the molecule is CCCC(CC)CS(=O)(=O)OC(C)C(C)=O. The van der Waals surface area contributed by atoms with Crippen LogP contribution >= 0.6 is 0 Å². The summed E-state index contributed by atoms with van der Waals surface area (Å²) in [6.07, 6.45) is 1.76. The minimum absolute atomic E-state index is 0.00889. The molecule has 0 rings (SSSR count). The van der Waals surface area contributed by atoms with Crippen LogP contribution in [0.4, 0.5) is 0 Å². The van der Waals surface area contributed by atoms with Gasteiger partial charge in [0.25, 0.3) is 10.1 Å². The number of carbonyl (C=O) groups is 1. The number of hydrogen-bond acceptors (Lipinski definition) is 4. The fraction of sp³-hybridized carbons (Fsp3) is 0.909. The summed E-state index contributed by atoms with van der Waals surface area (Å²) in [4.78, 5) is 10.9. The van der Waals surface area contributed by atoms with Crippen LogP contribution < -0.4 is 0 Å². The maximum absolute atomic E-state index is 11.6. The third kappa shape index (κ3) is 6.23. The molecule has 96 valence electrons. The van der Waals surface area contributed by atoms with Gasteiger partial charge in [0, 0.05) is 0 Å². The minimum Gasteiger partial charge on any atom is -0.297 e. The minimum atomic E-state index is -3.58. The zero-order valence-corrected chi connectivity index (χ0v) is 11.3. The third-order valence-electron chi connectivity index (χ3n) is 2.58. The zero-order chi connectivity index (χ0) is 12.8. The summed E-state index contributed by atoms with van der Waals surface area (Å²) in [5.41, 5.74) is 0. The molecule has 5 heteroatoms. The highest BCUT2D eigenvalue weighted by Crippen LogP contribution is 2.15. The molecule has 0 radical (unpaired) electrons. The van der Waals surface area contributed by atoms with Crippen molar-refractivity contribution in [3.63, 3.8) is 0 Å². The Morgan fingerprint density at radius 3 is 2.25 bits per heavy atom. The summed E-state index contributed by atoms with van der Waals surface area (Å²) >= 11 is 0. The number of Topliss-reactive ketones (excluding diaryl/α,β-unsaturated/α-hetero) is 1. The van der Waals surface area contributed by atoms with Crippen LogP contribution in [-0.2, 0) is 19.1 Å². The fourth-order valence-corrected chi connectivity index (χ4v) is 3.06. The van der Waals surface area contributed by atoms with Gasteiger partial charge in [0.1, 0.15) is 6.10 Å². The Morgan fingerprint density at radius 1 is 1.31 bits per heavy atom. The quantitative estimate of drug-likeness (QED) is 0.619. The molecule has 0 aliphatic rings. The predicted octanol–water partition coefficient (Wildman–Crippen LogP) is 2.14. The molecule has 0 N–H and O–H groups in total. The topological polar surface area (TPSA) is 60.4 Å². The molecule has 0 aromatic heterocycles. The van der Waals surface area contributed by atoms with E-state index >= 15 is 0 Å². The molecular formula is C11H22O4S. The molecule has 0 saturated heterocycles. The Bertz CT molecular complexity index is 308. The molecular weight excluding hydrogens is 228 g/mol. The Morgan fingerprint density at radius 2 is 1.88 bits per heavy atom. The smallest absolute Gasteiger partial charge is 0.268 e. The molecule has 0 aliphatic heterocycles. The van der Waals surface area contributed by atoms with Crippen molar-refractivity contribution in [1.82, 2.24) is 0 Å². The third-order valence-corrected chi connectivity index (χ3v) is 4.04. The van der Waals surface area contributed by atoms with Crippen LogP contribution in [0.15, 0.2) is 0 Å². The number of rotatable bonds is 8. The lowest BCUT2D eigenvalue weighted by molar-refractivity contribution is -0.122. The first-order valence-electron chi connectivity index (χ1n) is 5.73. The lowest BCUT2D eigenvalue weighted by Crippen LogP contribution is -2.26. The summed E-state index contributed by atoms with van der Waals surface area (Å²) in [6.45, 7) is 6.77. The molecule has 0 bridgehead atoms. The molecule has 0 aromatic carbocycles. The zero-order valence-electron chi connectivity index (χ0n) is 10.5. The molecule has 0 aromatic rings. The number of carbonyl (C=O) groups excluding carboxylic acids is 1. The van der Waals surface area contributed by atoms with Crippen molar-refractivity contribution >= 4 is 15.9 Å². The van der Waals surface area contributed by atoms with E-state index in [4.69, 9.17) is 4.18 Å². The summed E-state index contributed by atoms with van der Waals surface area (Å²) in [7, 11) is -3.58. The lowest BCUT2D eigenvalue weighted by atomic mass is 10.0. The number of ketones is 1. The van der Waals surface area contributed by atoms with E-state index in [1.54, 1.807) is 0 Å². The molecule has 16 heavy (non-hydrogen) atoms. The Balaban J connectivity index is 4.38. The van der Waals surface area contributed by atoms with Gasteiger partial charge in [0.15, 0.2) is 5.78 Å². The maximum Gasteiger partial charge on any atom is 0.268 e. The Labute approximate surface area is 98.5 Å². The van der Waals surface area contributed by atoms with Crippen molar-refractivity contribution < 1.29 is 17.4 Å². The summed E-state index contributed by atoms with van der Waals surface area (Å²) in [6, 6.07) is 0. The van der Waals surface area contributed by atoms with Gasteiger partial charge in [-0.15, -0.1) is 0 Å².